The van der Waals surface area contributed by atoms with Crippen LogP contribution in [0.1, 0.15) is 11.6 Å². The number of carbonyl (C=O) groups is 1. The Bertz CT molecular complexity index is 309. The summed E-state index contributed by atoms with van der Waals surface area (Å²) in [5.74, 6) is -1.83. The molecule has 1 rings (SSSR count). The van der Waals surface area contributed by atoms with Crippen LogP contribution in [-0.4, -0.2) is 11.1 Å². The zero-order valence-electron chi connectivity index (χ0n) is 7.01. The Labute approximate surface area is 92.9 Å². The molecule has 0 aromatic heterocycles. The van der Waals surface area contributed by atoms with Crippen molar-refractivity contribution in [1.29, 1.82) is 0 Å². The highest BCUT2D eigenvalue weighted by atomic mass is 35.5. The van der Waals surface area contributed by atoms with E-state index in [1.165, 1.54) is 18.2 Å². The van der Waals surface area contributed by atoms with Crippen molar-refractivity contribution in [3.05, 3.63) is 35.6 Å². The molecule has 3 N–H and O–H groups in total. The summed E-state index contributed by atoms with van der Waals surface area (Å²) in [4.78, 5) is 10.4. The van der Waals surface area contributed by atoms with Crippen molar-refractivity contribution in [1.82, 2.24) is 0 Å². The van der Waals surface area contributed by atoms with Crippen LogP contribution in [0.5, 0.6) is 0 Å². The summed E-state index contributed by atoms with van der Waals surface area (Å²) >= 11 is 0. The van der Waals surface area contributed by atoms with Crippen LogP contribution in [0.2, 0.25) is 0 Å². The minimum atomic E-state index is -1.29. The summed E-state index contributed by atoms with van der Waals surface area (Å²) in [6.45, 7) is 0. The van der Waals surface area contributed by atoms with Crippen LogP contribution in [0.15, 0.2) is 24.3 Å². The molecule has 1 aromatic rings. The van der Waals surface area contributed by atoms with Crippen LogP contribution in [-0.2, 0) is 4.79 Å². The van der Waals surface area contributed by atoms with Crippen molar-refractivity contribution in [3.63, 3.8) is 0 Å². The van der Waals surface area contributed by atoms with Crippen LogP contribution in [0.4, 0.5) is 4.39 Å². The highest BCUT2D eigenvalue weighted by Crippen LogP contribution is 2.13. The van der Waals surface area contributed by atoms with Crippen molar-refractivity contribution in [2.24, 2.45) is 5.73 Å². The molecule has 0 heterocycles. The van der Waals surface area contributed by atoms with Gasteiger partial charge in [-0.2, -0.15) is 0 Å². The summed E-state index contributed by atoms with van der Waals surface area (Å²) < 4.78 is 12.9. The van der Waals surface area contributed by atoms with E-state index >= 15 is 0 Å². The predicted octanol–water partition coefficient (Wildman–Crippen LogP) is 1.75. The SMILES string of the molecule is Cl.Cl.NC(C(=O)O)c1ccccc1F. The van der Waals surface area contributed by atoms with Gasteiger partial charge in [0.15, 0.2) is 0 Å². The quantitative estimate of drug-likeness (QED) is 0.830. The lowest BCUT2D eigenvalue weighted by Crippen LogP contribution is -2.21. The minimum absolute atomic E-state index is 0. The third-order valence-electron chi connectivity index (χ3n) is 1.51. The van der Waals surface area contributed by atoms with Crippen LogP contribution < -0.4 is 5.73 Å². The molecule has 14 heavy (non-hydrogen) atoms. The van der Waals surface area contributed by atoms with Gasteiger partial charge in [0.1, 0.15) is 11.9 Å². The zero-order chi connectivity index (χ0) is 9.14. The molecule has 80 valence electrons. The van der Waals surface area contributed by atoms with Crippen LogP contribution in [0.25, 0.3) is 0 Å². The number of benzene rings is 1. The number of nitrogens with two attached hydrogens (primary N) is 1. The molecule has 1 unspecified atom stereocenters. The fraction of sp³-hybridized carbons (Fsp3) is 0.125. The number of halogens is 3. The normalized spacial score (nSPS) is 10.7. The van der Waals surface area contributed by atoms with E-state index in [0.29, 0.717) is 0 Å². The molecule has 0 spiro atoms. The molecule has 1 atom stereocenters. The molecular formula is C8H10Cl2FNO2. The number of aliphatic carboxylic acids is 1. The molecule has 0 fully saturated rings. The maximum Gasteiger partial charge on any atom is 0.325 e. The molecule has 0 saturated carbocycles. The van der Waals surface area contributed by atoms with Crippen LogP contribution in [0.3, 0.4) is 0 Å². The van der Waals surface area contributed by atoms with Gasteiger partial charge in [-0.25, -0.2) is 4.39 Å². The van der Waals surface area contributed by atoms with Gasteiger partial charge in [0, 0.05) is 5.56 Å². The molecule has 0 aliphatic carbocycles. The average Bonchev–Trinajstić information content (AvgIpc) is 2.04. The lowest BCUT2D eigenvalue weighted by Gasteiger charge is -2.06. The molecule has 6 heteroatoms. The number of hydrogen-bond donors (Lipinski definition) is 2. The molecule has 1 aromatic carbocycles. The highest BCUT2D eigenvalue weighted by molar-refractivity contribution is 5.85. The average molecular weight is 242 g/mol. The molecule has 0 aliphatic heterocycles. The van der Waals surface area contributed by atoms with E-state index in [9.17, 15) is 9.18 Å². The lowest BCUT2D eigenvalue weighted by atomic mass is 10.1. The predicted molar refractivity (Wildman–Crippen MR) is 55.5 cm³/mol. The maximum atomic E-state index is 12.9. The summed E-state index contributed by atoms with van der Waals surface area (Å²) in [7, 11) is 0. The third-order valence-corrected chi connectivity index (χ3v) is 1.51. The maximum absolute atomic E-state index is 12.9. The number of carboxylic acid groups (broad SMARTS) is 1. The van der Waals surface area contributed by atoms with E-state index in [1.54, 1.807) is 6.07 Å². The Morgan fingerprint density at radius 2 is 1.86 bits per heavy atom. The number of rotatable bonds is 2. The second-order valence-corrected chi connectivity index (χ2v) is 2.34. The third kappa shape index (κ3) is 3.49. The first-order valence-corrected chi connectivity index (χ1v) is 3.35. The molecule has 0 aliphatic rings. The second kappa shape index (κ2) is 6.59. The van der Waals surface area contributed by atoms with E-state index in [0.717, 1.165) is 0 Å². The van der Waals surface area contributed by atoms with Gasteiger partial charge >= 0.3 is 5.97 Å². The Morgan fingerprint density at radius 3 is 2.29 bits per heavy atom. The van der Waals surface area contributed by atoms with E-state index in [-0.39, 0.29) is 30.4 Å². The Hall–Kier alpha value is -0.840. The lowest BCUT2D eigenvalue weighted by molar-refractivity contribution is -0.138. The minimum Gasteiger partial charge on any atom is -0.480 e. The topological polar surface area (TPSA) is 63.3 Å². The molecule has 0 amide bonds. The van der Waals surface area contributed by atoms with Crippen molar-refractivity contribution in [2.45, 2.75) is 6.04 Å². The van der Waals surface area contributed by atoms with Crippen LogP contribution >= 0.6 is 24.8 Å². The monoisotopic (exact) mass is 241 g/mol. The smallest absolute Gasteiger partial charge is 0.325 e. The van der Waals surface area contributed by atoms with Gasteiger partial charge < -0.3 is 10.8 Å². The van der Waals surface area contributed by atoms with E-state index < -0.39 is 17.8 Å². The first-order valence-electron chi connectivity index (χ1n) is 3.35. The zero-order valence-corrected chi connectivity index (χ0v) is 8.65. The summed E-state index contributed by atoms with van der Waals surface area (Å²) in [6, 6.07) is 4.27. The fourth-order valence-corrected chi connectivity index (χ4v) is 0.860. The molecule has 3 nitrogen and oxygen atoms in total. The molecule has 0 radical (unpaired) electrons. The van der Waals surface area contributed by atoms with Crippen molar-refractivity contribution < 1.29 is 14.3 Å². The fourth-order valence-electron chi connectivity index (χ4n) is 0.860. The van der Waals surface area contributed by atoms with E-state index in [2.05, 4.69) is 0 Å². The largest absolute Gasteiger partial charge is 0.480 e. The number of carboxylic acids is 1. The summed E-state index contributed by atoms with van der Waals surface area (Å²) in [5.41, 5.74) is 5.20. The van der Waals surface area contributed by atoms with Gasteiger partial charge in [-0.3, -0.25) is 4.79 Å². The van der Waals surface area contributed by atoms with E-state index in [1.807, 2.05) is 0 Å². The van der Waals surface area contributed by atoms with Gasteiger partial charge in [0.25, 0.3) is 0 Å². The van der Waals surface area contributed by atoms with Gasteiger partial charge in [-0.15, -0.1) is 24.8 Å². The molecule has 0 bridgehead atoms. The second-order valence-electron chi connectivity index (χ2n) is 2.34. The molecular weight excluding hydrogens is 232 g/mol. The van der Waals surface area contributed by atoms with Crippen molar-refractivity contribution in [3.8, 4) is 0 Å². The summed E-state index contributed by atoms with van der Waals surface area (Å²) in [6.07, 6.45) is 0. The molecule has 0 saturated heterocycles. The Morgan fingerprint density at radius 1 is 1.36 bits per heavy atom. The van der Waals surface area contributed by atoms with Gasteiger partial charge in [-0.05, 0) is 6.07 Å². The number of hydrogen-bond acceptors (Lipinski definition) is 2. The Balaban J connectivity index is 0. The highest BCUT2D eigenvalue weighted by Gasteiger charge is 2.17. The summed E-state index contributed by atoms with van der Waals surface area (Å²) in [5, 5.41) is 8.47. The van der Waals surface area contributed by atoms with Crippen molar-refractivity contribution >= 4 is 30.8 Å². The first-order chi connectivity index (χ1) is 5.63. The van der Waals surface area contributed by atoms with Gasteiger partial charge in [-0.1, -0.05) is 18.2 Å². The standard InChI is InChI=1S/C8H8FNO2.2ClH/c9-6-4-2-1-3-5(6)7(10)8(11)12;;/h1-4,7H,10H2,(H,11,12);2*1H. The van der Waals surface area contributed by atoms with E-state index in [4.69, 9.17) is 10.8 Å². The first kappa shape index (κ1) is 15.6. The van der Waals surface area contributed by atoms with Gasteiger partial charge in [0.2, 0.25) is 0 Å². The Kier molecular flexibility index (Phi) is 7.35. The van der Waals surface area contributed by atoms with Crippen molar-refractivity contribution in [2.75, 3.05) is 0 Å². The van der Waals surface area contributed by atoms with Crippen LogP contribution in [0, 0.1) is 5.82 Å². The van der Waals surface area contributed by atoms with Gasteiger partial charge in [0.05, 0.1) is 0 Å².